The summed E-state index contributed by atoms with van der Waals surface area (Å²) in [5, 5.41) is 0. The molecule has 0 bridgehead atoms. The van der Waals surface area contributed by atoms with E-state index in [1.165, 1.54) is 77.5 Å². The zero-order valence-corrected chi connectivity index (χ0v) is 17.6. The molecule has 2 nitrogen and oxygen atoms in total. The average molecular weight is 347 g/mol. The molecule has 0 radical (unpaired) electrons. The number of rotatable bonds is 3. The van der Waals surface area contributed by atoms with Gasteiger partial charge in [-0.05, 0) is 101 Å². The van der Waals surface area contributed by atoms with Gasteiger partial charge in [0.05, 0.1) is 0 Å². The molecule has 2 heteroatoms. The topological polar surface area (TPSA) is 6.48 Å². The second kappa shape index (κ2) is 6.23. The van der Waals surface area contributed by atoms with E-state index in [0.717, 1.165) is 17.8 Å². The summed E-state index contributed by atoms with van der Waals surface area (Å²) in [5.74, 6) is 2.82. The normalized spacial score (nSPS) is 33.6. The van der Waals surface area contributed by atoms with Crippen LogP contribution in [0.5, 0.6) is 0 Å². The SMILES string of the molecule is CC(C)C1CCC2(CC1)CN(C(C)(C)C1CCC3(CC1)CN(C)C3)C2. The predicted molar refractivity (Wildman–Crippen MR) is 107 cm³/mol. The van der Waals surface area contributed by atoms with E-state index in [0.29, 0.717) is 16.4 Å². The van der Waals surface area contributed by atoms with Gasteiger partial charge in [0.15, 0.2) is 0 Å². The summed E-state index contributed by atoms with van der Waals surface area (Å²) in [6.07, 6.45) is 11.9. The second-order valence-corrected chi connectivity index (χ2v) is 11.5. The van der Waals surface area contributed by atoms with Gasteiger partial charge in [0.2, 0.25) is 0 Å². The Bertz CT molecular complexity index is 462. The second-order valence-electron chi connectivity index (χ2n) is 11.5. The maximum Gasteiger partial charge on any atom is 0.0181 e. The summed E-state index contributed by atoms with van der Waals surface area (Å²) < 4.78 is 0. The van der Waals surface area contributed by atoms with Gasteiger partial charge in [-0.25, -0.2) is 0 Å². The minimum absolute atomic E-state index is 0.428. The van der Waals surface area contributed by atoms with E-state index in [1.54, 1.807) is 0 Å². The van der Waals surface area contributed by atoms with E-state index in [1.807, 2.05) is 0 Å². The Labute approximate surface area is 156 Å². The molecule has 2 heterocycles. The van der Waals surface area contributed by atoms with Crippen LogP contribution in [-0.4, -0.2) is 48.6 Å². The van der Waals surface area contributed by atoms with Crippen LogP contribution < -0.4 is 0 Å². The molecule has 0 aromatic carbocycles. The zero-order valence-electron chi connectivity index (χ0n) is 17.6. The number of likely N-dealkylation sites (tertiary alicyclic amines) is 2. The Balaban J connectivity index is 1.28. The van der Waals surface area contributed by atoms with E-state index >= 15 is 0 Å². The zero-order chi connectivity index (χ0) is 17.9. The highest BCUT2D eigenvalue weighted by Crippen LogP contribution is 2.53. The fourth-order valence-corrected chi connectivity index (χ4v) is 7.02. The quantitative estimate of drug-likeness (QED) is 0.707. The molecule has 2 aliphatic heterocycles. The van der Waals surface area contributed by atoms with Gasteiger partial charge < -0.3 is 4.90 Å². The number of nitrogens with zero attached hydrogens (tertiary/aromatic N) is 2. The molecule has 0 aromatic heterocycles. The summed E-state index contributed by atoms with van der Waals surface area (Å²) in [4.78, 5) is 5.39. The third kappa shape index (κ3) is 3.20. The van der Waals surface area contributed by atoms with Gasteiger partial charge >= 0.3 is 0 Å². The molecule has 144 valence electrons. The highest BCUT2D eigenvalue weighted by Gasteiger charge is 2.53. The van der Waals surface area contributed by atoms with E-state index in [-0.39, 0.29) is 0 Å². The first-order chi connectivity index (χ1) is 11.7. The molecule has 0 aromatic rings. The van der Waals surface area contributed by atoms with Crippen LogP contribution in [0.15, 0.2) is 0 Å². The molecule has 0 atom stereocenters. The molecule has 2 aliphatic carbocycles. The lowest BCUT2D eigenvalue weighted by Crippen LogP contribution is -2.67. The number of hydrogen-bond acceptors (Lipinski definition) is 2. The molecule has 2 spiro atoms. The van der Waals surface area contributed by atoms with Crippen molar-refractivity contribution in [3.8, 4) is 0 Å². The first kappa shape index (κ1) is 18.3. The summed E-state index contributed by atoms with van der Waals surface area (Å²) in [7, 11) is 2.29. The fourth-order valence-electron chi connectivity index (χ4n) is 7.02. The highest BCUT2D eigenvalue weighted by molar-refractivity contribution is 5.06. The van der Waals surface area contributed by atoms with Crippen LogP contribution in [0.2, 0.25) is 0 Å². The first-order valence-electron chi connectivity index (χ1n) is 11.2. The van der Waals surface area contributed by atoms with Crippen LogP contribution in [0.1, 0.15) is 79.1 Å². The highest BCUT2D eigenvalue weighted by atomic mass is 15.3. The molecular weight excluding hydrogens is 304 g/mol. The molecule has 0 unspecified atom stereocenters. The smallest absolute Gasteiger partial charge is 0.0181 e. The molecular formula is C23H42N2. The van der Waals surface area contributed by atoms with Gasteiger partial charge in [-0.2, -0.15) is 0 Å². The van der Waals surface area contributed by atoms with Gasteiger partial charge in [-0.3, -0.25) is 4.90 Å². The molecule has 0 amide bonds. The van der Waals surface area contributed by atoms with Crippen LogP contribution >= 0.6 is 0 Å². The van der Waals surface area contributed by atoms with Crippen LogP contribution in [0, 0.1) is 28.6 Å². The fraction of sp³-hybridized carbons (Fsp3) is 1.00. The standard InChI is InChI=1S/C23H42N2/c1-18(2)19-6-10-23(11-7-19)16-25(17-23)21(3,4)20-8-12-22(13-9-20)14-24(5)15-22/h18-20H,6-17H2,1-5H3. The minimum atomic E-state index is 0.428. The largest absolute Gasteiger partial charge is 0.305 e. The van der Waals surface area contributed by atoms with Crippen LogP contribution in [0.3, 0.4) is 0 Å². The van der Waals surface area contributed by atoms with Crippen molar-refractivity contribution < 1.29 is 0 Å². The van der Waals surface area contributed by atoms with Gasteiger partial charge in [-0.15, -0.1) is 0 Å². The third-order valence-corrected chi connectivity index (χ3v) is 9.16. The summed E-state index contributed by atoms with van der Waals surface area (Å²) in [5.41, 5.74) is 1.85. The van der Waals surface area contributed by atoms with E-state index < -0.39 is 0 Å². The van der Waals surface area contributed by atoms with Crippen molar-refractivity contribution in [2.45, 2.75) is 84.6 Å². The minimum Gasteiger partial charge on any atom is -0.305 e. The molecule has 4 fully saturated rings. The third-order valence-electron chi connectivity index (χ3n) is 9.16. The molecule has 4 aliphatic rings. The number of hydrogen-bond donors (Lipinski definition) is 0. The lowest BCUT2D eigenvalue weighted by atomic mass is 9.59. The van der Waals surface area contributed by atoms with E-state index in [2.05, 4.69) is 44.5 Å². The predicted octanol–water partition coefficient (Wildman–Crippen LogP) is 5.04. The van der Waals surface area contributed by atoms with Gasteiger partial charge in [0.25, 0.3) is 0 Å². The Hall–Kier alpha value is -0.0800. The molecule has 0 N–H and O–H groups in total. The van der Waals surface area contributed by atoms with Crippen LogP contribution in [-0.2, 0) is 0 Å². The monoisotopic (exact) mass is 346 g/mol. The summed E-state index contributed by atoms with van der Waals surface area (Å²) in [6.45, 7) is 15.5. The molecule has 4 rings (SSSR count). The Kier molecular flexibility index (Phi) is 4.56. The summed E-state index contributed by atoms with van der Waals surface area (Å²) >= 11 is 0. The Morgan fingerprint density at radius 3 is 1.76 bits per heavy atom. The van der Waals surface area contributed by atoms with Crippen LogP contribution in [0.25, 0.3) is 0 Å². The molecule has 2 saturated heterocycles. The van der Waals surface area contributed by atoms with Crippen molar-refractivity contribution in [1.29, 1.82) is 0 Å². The Morgan fingerprint density at radius 1 is 0.800 bits per heavy atom. The van der Waals surface area contributed by atoms with Gasteiger partial charge in [0.1, 0.15) is 0 Å². The Morgan fingerprint density at radius 2 is 1.28 bits per heavy atom. The van der Waals surface area contributed by atoms with Crippen molar-refractivity contribution in [3.05, 3.63) is 0 Å². The van der Waals surface area contributed by atoms with Gasteiger partial charge in [-0.1, -0.05) is 13.8 Å². The maximum absolute atomic E-state index is 2.87. The van der Waals surface area contributed by atoms with Crippen molar-refractivity contribution in [1.82, 2.24) is 9.80 Å². The van der Waals surface area contributed by atoms with Crippen molar-refractivity contribution in [3.63, 3.8) is 0 Å². The molecule has 25 heavy (non-hydrogen) atoms. The lowest BCUT2D eigenvalue weighted by molar-refractivity contribution is -0.125. The summed E-state index contributed by atoms with van der Waals surface area (Å²) in [6, 6.07) is 0. The van der Waals surface area contributed by atoms with Crippen molar-refractivity contribution >= 4 is 0 Å². The van der Waals surface area contributed by atoms with E-state index in [9.17, 15) is 0 Å². The maximum atomic E-state index is 2.87. The molecule has 2 saturated carbocycles. The van der Waals surface area contributed by atoms with E-state index in [4.69, 9.17) is 0 Å². The van der Waals surface area contributed by atoms with Gasteiger partial charge in [0, 0.05) is 31.7 Å². The van der Waals surface area contributed by atoms with Crippen LogP contribution in [0.4, 0.5) is 0 Å². The van der Waals surface area contributed by atoms with Crippen molar-refractivity contribution in [2.75, 3.05) is 33.2 Å². The van der Waals surface area contributed by atoms with Crippen molar-refractivity contribution in [2.24, 2.45) is 28.6 Å². The first-order valence-corrected chi connectivity index (χ1v) is 11.2. The average Bonchev–Trinajstić information content (AvgIpc) is 2.52. The lowest BCUT2D eigenvalue weighted by Gasteiger charge is -2.62.